The van der Waals surface area contributed by atoms with Crippen molar-refractivity contribution in [1.82, 2.24) is 9.88 Å². The summed E-state index contributed by atoms with van der Waals surface area (Å²) in [5.74, 6) is 0.117. The highest BCUT2D eigenvalue weighted by Crippen LogP contribution is 2.21. The van der Waals surface area contributed by atoms with Gasteiger partial charge in [-0.1, -0.05) is 41.6 Å². The summed E-state index contributed by atoms with van der Waals surface area (Å²) >= 11 is 0. The molecule has 0 saturated carbocycles. The maximum absolute atomic E-state index is 12.3. The molecule has 0 amide bonds. The molecule has 2 aromatic carbocycles. The van der Waals surface area contributed by atoms with Crippen LogP contribution in [0, 0.1) is 6.92 Å². The van der Waals surface area contributed by atoms with E-state index in [0.29, 0.717) is 11.5 Å². The Morgan fingerprint density at radius 1 is 1.13 bits per heavy atom. The normalized spacial score (nSPS) is 13.3. The van der Waals surface area contributed by atoms with E-state index in [4.69, 9.17) is 4.52 Å². The van der Waals surface area contributed by atoms with E-state index < -0.39 is 10.0 Å². The molecule has 1 N–H and O–H groups in total. The minimum atomic E-state index is -3.51. The number of nitrogens with zero attached hydrogens (tertiary/aromatic N) is 1. The average molecular weight is 330 g/mol. The highest BCUT2D eigenvalue weighted by atomic mass is 32.2. The predicted molar refractivity (Wildman–Crippen MR) is 89.4 cm³/mol. The molecule has 3 aromatic rings. The van der Waals surface area contributed by atoms with Crippen molar-refractivity contribution >= 4 is 20.8 Å². The van der Waals surface area contributed by atoms with Crippen LogP contribution < -0.4 is 4.72 Å². The molecule has 1 aromatic heterocycles. The molecule has 1 atom stereocenters. The predicted octanol–water partition coefficient (Wildman–Crippen LogP) is 3.32. The second kappa shape index (κ2) is 6.14. The van der Waals surface area contributed by atoms with Crippen LogP contribution in [0.25, 0.3) is 10.8 Å². The van der Waals surface area contributed by atoms with Crippen molar-refractivity contribution in [3.63, 3.8) is 0 Å². The fourth-order valence-electron chi connectivity index (χ4n) is 2.53. The van der Waals surface area contributed by atoms with Crippen LogP contribution in [0.3, 0.4) is 0 Å². The standard InChI is InChI=1S/C17H18N2O3S/c1-12-9-17(22-18-12)11-23(20,21)19-13(2)15-8-7-14-5-3-4-6-16(14)10-15/h3-10,13,19H,11H2,1-2H3. The molecule has 1 unspecified atom stereocenters. The van der Waals surface area contributed by atoms with Crippen LogP contribution >= 0.6 is 0 Å². The van der Waals surface area contributed by atoms with Gasteiger partial charge in [-0.3, -0.25) is 0 Å². The molecular formula is C17H18N2O3S. The molecule has 0 aliphatic carbocycles. The summed E-state index contributed by atoms with van der Waals surface area (Å²) < 4.78 is 32.2. The van der Waals surface area contributed by atoms with E-state index in [1.54, 1.807) is 13.0 Å². The molecule has 0 bridgehead atoms. The third-order valence-corrected chi connectivity index (χ3v) is 5.02. The topological polar surface area (TPSA) is 72.2 Å². The molecule has 0 aliphatic heterocycles. The van der Waals surface area contributed by atoms with Gasteiger partial charge in [-0.2, -0.15) is 0 Å². The molecule has 1 heterocycles. The lowest BCUT2D eigenvalue weighted by molar-refractivity contribution is 0.388. The van der Waals surface area contributed by atoms with Gasteiger partial charge in [0.25, 0.3) is 0 Å². The van der Waals surface area contributed by atoms with Crippen LogP contribution in [-0.4, -0.2) is 13.6 Å². The Balaban J connectivity index is 1.77. The van der Waals surface area contributed by atoms with Crippen LogP contribution in [0.15, 0.2) is 53.1 Å². The fraction of sp³-hybridized carbons (Fsp3) is 0.235. The van der Waals surface area contributed by atoms with Gasteiger partial charge < -0.3 is 4.52 Å². The highest BCUT2D eigenvalue weighted by molar-refractivity contribution is 7.88. The summed E-state index contributed by atoms with van der Waals surface area (Å²) in [4.78, 5) is 0. The number of aromatic nitrogens is 1. The lowest BCUT2D eigenvalue weighted by Gasteiger charge is -2.14. The number of benzene rings is 2. The lowest BCUT2D eigenvalue weighted by Crippen LogP contribution is -2.28. The van der Waals surface area contributed by atoms with Crippen molar-refractivity contribution in [1.29, 1.82) is 0 Å². The molecule has 120 valence electrons. The van der Waals surface area contributed by atoms with Crippen LogP contribution in [0.1, 0.15) is 30.0 Å². The zero-order valence-corrected chi connectivity index (χ0v) is 13.8. The van der Waals surface area contributed by atoms with E-state index in [9.17, 15) is 8.42 Å². The number of fused-ring (bicyclic) bond motifs is 1. The first-order chi connectivity index (χ1) is 10.9. The van der Waals surface area contributed by atoms with Gasteiger partial charge in [0.15, 0.2) is 5.76 Å². The Hall–Kier alpha value is -2.18. The van der Waals surface area contributed by atoms with E-state index in [-0.39, 0.29) is 11.8 Å². The first-order valence-electron chi connectivity index (χ1n) is 7.34. The SMILES string of the molecule is Cc1cc(CS(=O)(=O)NC(C)c2ccc3ccccc3c2)on1. The van der Waals surface area contributed by atoms with E-state index >= 15 is 0 Å². The summed E-state index contributed by atoms with van der Waals surface area (Å²) in [5, 5.41) is 5.92. The number of hydrogen-bond acceptors (Lipinski definition) is 4. The quantitative estimate of drug-likeness (QED) is 0.779. The maximum atomic E-state index is 12.3. The number of sulfonamides is 1. The Morgan fingerprint density at radius 3 is 2.57 bits per heavy atom. The first-order valence-corrected chi connectivity index (χ1v) is 8.99. The minimum absolute atomic E-state index is 0.217. The van der Waals surface area contributed by atoms with Crippen molar-refractivity contribution in [3.05, 3.63) is 65.5 Å². The van der Waals surface area contributed by atoms with Crippen LogP contribution in [0.5, 0.6) is 0 Å². The third-order valence-electron chi connectivity index (χ3n) is 3.64. The van der Waals surface area contributed by atoms with E-state index in [2.05, 4.69) is 9.88 Å². The fourth-order valence-corrected chi connectivity index (χ4v) is 3.80. The third kappa shape index (κ3) is 3.78. The van der Waals surface area contributed by atoms with Gasteiger partial charge in [-0.15, -0.1) is 0 Å². The van der Waals surface area contributed by atoms with Crippen LogP contribution in [0.4, 0.5) is 0 Å². The highest BCUT2D eigenvalue weighted by Gasteiger charge is 2.19. The molecule has 0 radical (unpaired) electrons. The zero-order valence-electron chi connectivity index (χ0n) is 13.0. The summed E-state index contributed by atoms with van der Waals surface area (Å²) in [6.07, 6.45) is 0. The summed E-state index contributed by atoms with van der Waals surface area (Å²) in [7, 11) is -3.51. The Labute approximate surface area is 135 Å². The van der Waals surface area contributed by atoms with Crippen molar-refractivity contribution in [3.8, 4) is 0 Å². The van der Waals surface area contributed by atoms with Gasteiger partial charge in [-0.05, 0) is 36.2 Å². The number of rotatable bonds is 5. The van der Waals surface area contributed by atoms with Gasteiger partial charge in [0, 0.05) is 12.1 Å². The number of nitrogens with one attached hydrogen (secondary N) is 1. The van der Waals surface area contributed by atoms with Crippen LogP contribution in [-0.2, 0) is 15.8 Å². The van der Waals surface area contributed by atoms with Crippen molar-refractivity contribution < 1.29 is 12.9 Å². The van der Waals surface area contributed by atoms with Crippen LogP contribution in [0.2, 0.25) is 0 Å². The van der Waals surface area contributed by atoms with Gasteiger partial charge in [-0.25, -0.2) is 13.1 Å². The number of hydrogen-bond donors (Lipinski definition) is 1. The summed E-state index contributed by atoms with van der Waals surface area (Å²) in [6.45, 7) is 3.58. The zero-order chi connectivity index (χ0) is 16.4. The van der Waals surface area contributed by atoms with Gasteiger partial charge >= 0.3 is 0 Å². The van der Waals surface area contributed by atoms with Crippen molar-refractivity contribution in [2.24, 2.45) is 0 Å². The minimum Gasteiger partial charge on any atom is -0.360 e. The van der Waals surface area contributed by atoms with E-state index in [1.165, 1.54) is 0 Å². The monoisotopic (exact) mass is 330 g/mol. The number of aryl methyl sites for hydroxylation is 1. The maximum Gasteiger partial charge on any atom is 0.219 e. The second-order valence-electron chi connectivity index (χ2n) is 5.64. The Morgan fingerprint density at radius 2 is 1.87 bits per heavy atom. The molecule has 23 heavy (non-hydrogen) atoms. The molecule has 0 saturated heterocycles. The largest absolute Gasteiger partial charge is 0.360 e. The first kappa shape index (κ1) is 15.7. The molecule has 3 rings (SSSR count). The van der Waals surface area contributed by atoms with Gasteiger partial charge in [0.1, 0.15) is 5.75 Å². The molecule has 0 fully saturated rings. The summed E-state index contributed by atoms with van der Waals surface area (Å²) in [5.41, 5.74) is 1.58. The summed E-state index contributed by atoms with van der Waals surface area (Å²) in [6, 6.07) is 15.2. The van der Waals surface area contributed by atoms with Gasteiger partial charge in [0.2, 0.25) is 10.0 Å². The lowest BCUT2D eigenvalue weighted by atomic mass is 10.0. The average Bonchev–Trinajstić information content (AvgIpc) is 2.90. The second-order valence-corrected chi connectivity index (χ2v) is 7.39. The van der Waals surface area contributed by atoms with E-state index in [0.717, 1.165) is 16.3 Å². The van der Waals surface area contributed by atoms with Gasteiger partial charge in [0.05, 0.1) is 5.69 Å². The smallest absolute Gasteiger partial charge is 0.219 e. The molecular weight excluding hydrogens is 312 g/mol. The Bertz CT molecular complexity index is 932. The van der Waals surface area contributed by atoms with Crippen molar-refractivity contribution in [2.45, 2.75) is 25.6 Å². The molecule has 6 heteroatoms. The van der Waals surface area contributed by atoms with E-state index in [1.807, 2.05) is 49.4 Å². The van der Waals surface area contributed by atoms with Crippen molar-refractivity contribution in [2.75, 3.05) is 0 Å². The molecule has 0 aliphatic rings. The molecule has 5 nitrogen and oxygen atoms in total. The Kier molecular flexibility index (Phi) is 4.19. The molecule has 0 spiro atoms.